The third-order valence-corrected chi connectivity index (χ3v) is 5.91. The topological polar surface area (TPSA) is 74.1 Å². The van der Waals surface area contributed by atoms with Crippen LogP contribution in [0.15, 0.2) is 67.3 Å². The zero-order valence-corrected chi connectivity index (χ0v) is 17.9. The summed E-state index contributed by atoms with van der Waals surface area (Å²) >= 11 is 6.04. The minimum atomic E-state index is -1.07. The van der Waals surface area contributed by atoms with E-state index < -0.39 is 23.7 Å². The zero-order valence-electron chi connectivity index (χ0n) is 17.1. The number of hydrogen-bond donors (Lipinski definition) is 1. The van der Waals surface area contributed by atoms with Crippen LogP contribution in [-0.4, -0.2) is 33.9 Å². The first kappa shape index (κ1) is 21.0. The van der Waals surface area contributed by atoms with E-state index in [1.807, 2.05) is 42.3 Å². The maximum Gasteiger partial charge on any atom is 0.291 e. The summed E-state index contributed by atoms with van der Waals surface area (Å²) in [7, 11) is 0. The number of carbonyl (C=O) groups is 3. The van der Waals surface area contributed by atoms with Crippen LogP contribution in [0.4, 0.5) is 0 Å². The number of aryl methyl sites for hydroxylation is 2. The molecule has 1 aliphatic rings. The molecule has 1 saturated heterocycles. The number of hydrogen-bond acceptors (Lipinski definition) is 3. The van der Waals surface area contributed by atoms with Crippen LogP contribution >= 0.6 is 11.6 Å². The Hall–Kier alpha value is -3.25. The Morgan fingerprint density at radius 2 is 1.81 bits per heavy atom. The number of likely N-dealkylation sites (tertiary alicyclic amines) is 1. The maximum absolute atomic E-state index is 13.3. The Kier molecular flexibility index (Phi) is 6.00. The molecule has 1 aliphatic heterocycles. The molecule has 1 fully saturated rings. The number of rotatable bonds is 7. The van der Waals surface area contributed by atoms with Gasteiger partial charge in [-0.1, -0.05) is 53.6 Å². The van der Waals surface area contributed by atoms with Crippen molar-refractivity contribution in [3.8, 4) is 0 Å². The predicted molar refractivity (Wildman–Crippen MR) is 116 cm³/mol. The van der Waals surface area contributed by atoms with Gasteiger partial charge in [0.25, 0.3) is 5.91 Å². The summed E-state index contributed by atoms with van der Waals surface area (Å²) in [5.74, 6) is -2.67. The summed E-state index contributed by atoms with van der Waals surface area (Å²) in [4.78, 5) is 43.8. The average molecular weight is 437 g/mol. The largest absolute Gasteiger partial charge is 0.328 e. The van der Waals surface area contributed by atoms with Gasteiger partial charge in [0, 0.05) is 23.6 Å². The smallest absolute Gasteiger partial charge is 0.291 e. The van der Waals surface area contributed by atoms with E-state index in [-0.39, 0.29) is 5.78 Å². The summed E-state index contributed by atoms with van der Waals surface area (Å²) in [6.45, 7) is 2.98. The summed E-state index contributed by atoms with van der Waals surface area (Å²) in [6, 6.07) is 13.4. The molecule has 158 valence electrons. The molecule has 2 atom stereocenters. The van der Waals surface area contributed by atoms with Crippen molar-refractivity contribution in [2.24, 2.45) is 5.92 Å². The van der Waals surface area contributed by atoms with E-state index in [2.05, 4.69) is 4.98 Å². The highest BCUT2D eigenvalue weighted by atomic mass is 35.5. The van der Waals surface area contributed by atoms with Gasteiger partial charge >= 0.3 is 0 Å². The van der Waals surface area contributed by atoms with Crippen LogP contribution in [0.1, 0.15) is 33.9 Å². The predicted octanol–water partition coefficient (Wildman–Crippen LogP) is 3.31. The molecule has 2 heterocycles. The van der Waals surface area contributed by atoms with Crippen molar-refractivity contribution in [1.82, 2.24) is 9.88 Å². The number of amides is 1. The van der Waals surface area contributed by atoms with Gasteiger partial charge in [-0.2, -0.15) is 0 Å². The fraction of sp³-hybridized carbons (Fsp3) is 0.250. The van der Waals surface area contributed by atoms with Gasteiger partial charge in [0.05, 0.1) is 12.6 Å². The van der Waals surface area contributed by atoms with Gasteiger partial charge in [0.2, 0.25) is 12.1 Å². The lowest BCUT2D eigenvalue weighted by Gasteiger charge is -2.27. The number of carbonyl (C=O) groups excluding carboxylic acids is 3. The van der Waals surface area contributed by atoms with Crippen molar-refractivity contribution in [2.45, 2.75) is 25.9 Å². The minimum absolute atomic E-state index is 0.333. The first-order valence-electron chi connectivity index (χ1n) is 10.2. The molecular formula is C24H23ClN3O3+. The summed E-state index contributed by atoms with van der Waals surface area (Å²) in [5.41, 5.74) is 2.17. The van der Waals surface area contributed by atoms with Crippen LogP contribution in [-0.2, 0) is 16.1 Å². The second-order valence-electron chi connectivity index (χ2n) is 7.77. The van der Waals surface area contributed by atoms with Crippen molar-refractivity contribution in [2.75, 3.05) is 6.54 Å². The standard InChI is InChI=1S/C24H22ClN3O3/c1-16-3-5-18(6-4-16)22(29)20-21(17-7-9-19(25)10-8-17)28(24(31)23(20)30)13-2-12-27-14-11-26-15-27/h3-11,14-15,20-21H,2,12-13H2,1H3/p+1. The van der Waals surface area contributed by atoms with Crippen LogP contribution < -0.4 is 4.57 Å². The van der Waals surface area contributed by atoms with Gasteiger partial charge in [-0.05, 0) is 24.6 Å². The summed E-state index contributed by atoms with van der Waals surface area (Å²) < 4.78 is 1.97. The van der Waals surface area contributed by atoms with Crippen molar-refractivity contribution in [3.63, 3.8) is 0 Å². The number of imidazole rings is 1. The van der Waals surface area contributed by atoms with E-state index in [4.69, 9.17) is 11.6 Å². The molecule has 2 unspecified atom stereocenters. The van der Waals surface area contributed by atoms with Crippen molar-refractivity contribution >= 4 is 29.1 Å². The first-order chi connectivity index (χ1) is 15.0. The number of nitrogens with one attached hydrogen (secondary N) is 1. The molecule has 4 rings (SSSR count). The number of Topliss-reactive ketones (excluding diaryl/α,β-unsaturated/α-hetero) is 2. The zero-order chi connectivity index (χ0) is 22.0. The highest BCUT2D eigenvalue weighted by Gasteiger charge is 2.51. The van der Waals surface area contributed by atoms with E-state index in [1.54, 1.807) is 36.4 Å². The van der Waals surface area contributed by atoms with E-state index in [1.165, 1.54) is 4.90 Å². The minimum Gasteiger partial charge on any atom is -0.328 e. The second kappa shape index (κ2) is 8.86. The van der Waals surface area contributed by atoms with Gasteiger partial charge < -0.3 is 4.90 Å². The molecule has 6 nitrogen and oxygen atoms in total. The monoisotopic (exact) mass is 436 g/mol. The van der Waals surface area contributed by atoms with Gasteiger partial charge in [-0.25, -0.2) is 4.57 Å². The molecule has 0 aliphatic carbocycles. The summed E-state index contributed by atoms with van der Waals surface area (Å²) in [6.07, 6.45) is 6.20. The Labute approximate surface area is 185 Å². The van der Waals surface area contributed by atoms with Crippen LogP contribution in [0.25, 0.3) is 0 Å². The first-order valence-corrected chi connectivity index (χ1v) is 10.6. The normalized spacial score (nSPS) is 18.6. The third-order valence-electron chi connectivity index (χ3n) is 5.65. The maximum atomic E-state index is 13.3. The van der Waals surface area contributed by atoms with Crippen molar-refractivity contribution in [3.05, 3.63) is 89.0 Å². The molecule has 1 aromatic heterocycles. The Balaban J connectivity index is 1.65. The molecule has 31 heavy (non-hydrogen) atoms. The van der Waals surface area contributed by atoms with Gasteiger partial charge in [-0.15, -0.1) is 0 Å². The van der Waals surface area contributed by atoms with Crippen molar-refractivity contribution in [1.29, 1.82) is 0 Å². The van der Waals surface area contributed by atoms with Crippen LogP contribution in [0.2, 0.25) is 5.02 Å². The van der Waals surface area contributed by atoms with Crippen LogP contribution in [0.5, 0.6) is 0 Å². The van der Waals surface area contributed by atoms with Gasteiger partial charge in [0.15, 0.2) is 5.78 Å². The van der Waals surface area contributed by atoms with Gasteiger partial charge in [0.1, 0.15) is 18.3 Å². The van der Waals surface area contributed by atoms with E-state index in [0.717, 1.165) is 11.1 Å². The number of halogens is 1. The Bertz CT molecular complexity index is 1090. The number of ketones is 2. The van der Waals surface area contributed by atoms with E-state index in [0.29, 0.717) is 30.1 Å². The highest BCUT2D eigenvalue weighted by Crippen LogP contribution is 2.38. The van der Waals surface area contributed by atoms with Gasteiger partial charge in [-0.3, -0.25) is 19.4 Å². The molecule has 0 saturated carbocycles. The van der Waals surface area contributed by atoms with Crippen LogP contribution in [0, 0.1) is 12.8 Å². The number of aromatic nitrogens is 2. The molecular weight excluding hydrogens is 414 g/mol. The number of benzene rings is 2. The summed E-state index contributed by atoms with van der Waals surface area (Å²) in [5, 5.41) is 0.552. The molecule has 0 bridgehead atoms. The third kappa shape index (κ3) is 4.30. The highest BCUT2D eigenvalue weighted by molar-refractivity contribution is 6.44. The lowest BCUT2D eigenvalue weighted by Crippen LogP contribution is -2.36. The lowest BCUT2D eigenvalue weighted by atomic mass is 9.86. The number of H-pyrrole nitrogens is 1. The molecule has 0 radical (unpaired) electrons. The SMILES string of the molecule is Cc1ccc(C(=O)C2C(=O)C(=O)N(CCC[n+]3cc[nH]c3)C2c2ccc(Cl)cc2)cc1. The fourth-order valence-corrected chi connectivity index (χ4v) is 4.17. The number of aromatic amines is 1. The fourth-order valence-electron chi connectivity index (χ4n) is 4.04. The molecule has 1 amide bonds. The average Bonchev–Trinajstić information content (AvgIpc) is 3.37. The quantitative estimate of drug-likeness (QED) is 0.267. The molecule has 2 aromatic carbocycles. The Morgan fingerprint density at radius 1 is 1.10 bits per heavy atom. The van der Waals surface area contributed by atoms with Crippen LogP contribution in [0.3, 0.4) is 0 Å². The Morgan fingerprint density at radius 3 is 2.45 bits per heavy atom. The lowest BCUT2D eigenvalue weighted by molar-refractivity contribution is -0.695. The van der Waals surface area contributed by atoms with E-state index >= 15 is 0 Å². The molecule has 0 spiro atoms. The van der Waals surface area contributed by atoms with Crippen molar-refractivity contribution < 1.29 is 19.0 Å². The molecule has 1 N–H and O–H groups in total. The van der Waals surface area contributed by atoms with E-state index in [9.17, 15) is 14.4 Å². The number of nitrogens with zero attached hydrogens (tertiary/aromatic N) is 2. The molecule has 7 heteroatoms. The second-order valence-corrected chi connectivity index (χ2v) is 8.21. The molecule has 3 aromatic rings.